The fourth-order valence-electron chi connectivity index (χ4n) is 2.81. The van der Waals surface area contributed by atoms with Crippen LogP contribution in [0.3, 0.4) is 0 Å². The molecule has 0 spiro atoms. The molecule has 1 unspecified atom stereocenters. The van der Waals surface area contributed by atoms with Gasteiger partial charge in [0.05, 0.1) is 12.3 Å². The maximum absolute atomic E-state index is 12.6. The van der Waals surface area contributed by atoms with Crippen molar-refractivity contribution in [2.24, 2.45) is 0 Å². The molecule has 0 amide bonds. The molecule has 9 heteroatoms. The van der Waals surface area contributed by atoms with Gasteiger partial charge in [-0.2, -0.15) is 9.57 Å². The van der Waals surface area contributed by atoms with Crippen LogP contribution in [0.25, 0.3) is 0 Å². The number of nitrogens with zero attached hydrogens (tertiary/aromatic N) is 4. The van der Waals surface area contributed by atoms with Crippen molar-refractivity contribution < 1.29 is 17.9 Å². The minimum Gasteiger partial charge on any atom is -0.492 e. The van der Waals surface area contributed by atoms with E-state index < -0.39 is 10.0 Å². The number of benzene rings is 1. The van der Waals surface area contributed by atoms with E-state index in [0.29, 0.717) is 25.1 Å². The summed E-state index contributed by atoms with van der Waals surface area (Å²) in [7, 11) is -3.47. The molecule has 1 aromatic heterocycles. The van der Waals surface area contributed by atoms with Crippen LogP contribution < -0.4 is 9.47 Å². The minimum atomic E-state index is -3.47. The van der Waals surface area contributed by atoms with E-state index in [-0.39, 0.29) is 36.6 Å². The predicted octanol–water partition coefficient (Wildman–Crippen LogP) is 1.60. The fraction of sp³-hybridized carbons (Fsp3) is 0.389. The Hall–Kier alpha value is -2.70. The third kappa shape index (κ3) is 5.15. The van der Waals surface area contributed by atoms with E-state index in [2.05, 4.69) is 9.97 Å². The number of piperidine rings is 1. The van der Waals surface area contributed by atoms with Crippen molar-refractivity contribution in [3.63, 3.8) is 0 Å². The molecule has 1 atom stereocenters. The molecule has 0 radical (unpaired) electrons. The van der Waals surface area contributed by atoms with Crippen molar-refractivity contribution in [3.05, 3.63) is 48.4 Å². The zero-order valence-corrected chi connectivity index (χ0v) is 15.5. The molecule has 1 aromatic carbocycles. The van der Waals surface area contributed by atoms with Gasteiger partial charge in [-0.05, 0) is 25.0 Å². The number of hydrogen-bond acceptors (Lipinski definition) is 7. The van der Waals surface area contributed by atoms with E-state index in [9.17, 15) is 8.42 Å². The van der Waals surface area contributed by atoms with E-state index >= 15 is 0 Å². The fourth-order valence-corrected chi connectivity index (χ4v) is 4.16. The first kappa shape index (κ1) is 19.1. The molecule has 3 rings (SSSR count). The molecule has 8 nitrogen and oxygen atoms in total. The normalized spacial score (nSPS) is 17.8. The van der Waals surface area contributed by atoms with Gasteiger partial charge in [0.25, 0.3) is 5.88 Å². The van der Waals surface area contributed by atoms with Gasteiger partial charge in [-0.1, -0.05) is 18.2 Å². The van der Waals surface area contributed by atoms with Crippen LogP contribution in [-0.4, -0.2) is 54.2 Å². The molecular formula is C18H20N4O4S. The van der Waals surface area contributed by atoms with Gasteiger partial charge in [0.1, 0.15) is 24.5 Å². The molecule has 0 bridgehead atoms. The summed E-state index contributed by atoms with van der Waals surface area (Å²) in [4.78, 5) is 7.92. The number of hydrogen-bond donors (Lipinski definition) is 0. The number of sulfonamides is 1. The quantitative estimate of drug-likeness (QED) is 0.709. The molecular weight excluding hydrogens is 368 g/mol. The molecule has 2 heterocycles. The third-order valence-electron chi connectivity index (χ3n) is 4.14. The second kappa shape index (κ2) is 8.79. The molecule has 1 saturated heterocycles. The van der Waals surface area contributed by atoms with E-state index in [4.69, 9.17) is 14.7 Å². The van der Waals surface area contributed by atoms with Crippen LogP contribution in [0.4, 0.5) is 0 Å². The SMILES string of the molecule is N#Cc1nccnc1OC1CCCN(S(=O)(=O)CCOc2ccccc2)C1. The highest BCUT2D eigenvalue weighted by molar-refractivity contribution is 7.89. The predicted molar refractivity (Wildman–Crippen MR) is 97.7 cm³/mol. The smallest absolute Gasteiger partial charge is 0.251 e. The number of nitriles is 1. The van der Waals surface area contributed by atoms with Gasteiger partial charge in [-0.25, -0.2) is 18.4 Å². The van der Waals surface area contributed by atoms with Crippen LogP contribution in [-0.2, 0) is 10.0 Å². The zero-order valence-electron chi connectivity index (χ0n) is 14.7. The first-order valence-corrected chi connectivity index (χ1v) is 10.2. The molecule has 0 aliphatic carbocycles. The van der Waals surface area contributed by atoms with Crippen LogP contribution in [0.2, 0.25) is 0 Å². The summed E-state index contributed by atoms with van der Waals surface area (Å²) in [6, 6.07) is 11.0. The summed E-state index contributed by atoms with van der Waals surface area (Å²) in [6.07, 6.45) is 3.84. The average molecular weight is 388 g/mol. The van der Waals surface area contributed by atoms with Crippen LogP contribution >= 0.6 is 0 Å². The summed E-state index contributed by atoms with van der Waals surface area (Å²) in [5.74, 6) is 0.666. The first-order valence-electron chi connectivity index (χ1n) is 8.62. The molecule has 1 fully saturated rings. The Morgan fingerprint density at radius 2 is 2.00 bits per heavy atom. The Morgan fingerprint density at radius 3 is 2.78 bits per heavy atom. The third-order valence-corrected chi connectivity index (χ3v) is 5.94. The summed E-state index contributed by atoms with van der Waals surface area (Å²) in [5.41, 5.74) is 0.0914. The minimum absolute atomic E-state index is 0.0805. The maximum Gasteiger partial charge on any atom is 0.251 e. The largest absolute Gasteiger partial charge is 0.492 e. The Balaban J connectivity index is 1.57. The van der Waals surface area contributed by atoms with Gasteiger partial charge < -0.3 is 9.47 Å². The summed E-state index contributed by atoms with van der Waals surface area (Å²) >= 11 is 0. The lowest BCUT2D eigenvalue weighted by molar-refractivity contribution is 0.123. The van der Waals surface area contributed by atoms with Gasteiger partial charge in [0, 0.05) is 18.9 Å². The Bertz CT molecular complexity index is 899. The lowest BCUT2D eigenvalue weighted by Gasteiger charge is -2.31. The summed E-state index contributed by atoms with van der Waals surface area (Å²) in [5, 5.41) is 9.07. The van der Waals surface area contributed by atoms with Gasteiger partial charge in [0.15, 0.2) is 0 Å². The second-order valence-electron chi connectivity index (χ2n) is 6.04. The van der Waals surface area contributed by atoms with Crippen molar-refractivity contribution in [2.75, 3.05) is 25.4 Å². The summed E-state index contributed by atoms with van der Waals surface area (Å²) < 4.78 is 37.9. The van der Waals surface area contributed by atoms with E-state index in [1.165, 1.54) is 16.7 Å². The highest BCUT2D eigenvalue weighted by Gasteiger charge is 2.30. The summed E-state index contributed by atoms with van der Waals surface area (Å²) in [6.45, 7) is 0.741. The molecule has 0 N–H and O–H groups in total. The maximum atomic E-state index is 12.6. The standard InChI is InChI=1S/C18H20N4O4S/c19-13-17-18(21-9-8-20-17)26-16-7-4-10-22(14-16)27(23,24)12-11-25-15-5-2-1-3-6-15/h1-3,5-6,8-9,16H,4,7,10-12,14H2. The van der Waals surface area contributed by atoms with Crippen molar-refractivity contribution in [1.29, 1.82) is 5.26 Å². The highest BCUT2D eigenvalue weighted by atomic mass is 32.2. The van der Waals surface area contributed by atoms with E-state index in [1.54, 1.807) is 12.1 Å². The van der Waals surface area contributed by atoms with Crippen molar-refractivity contribution in [2.45, 2.75) is 18.9 Å². The van der Waals surface area contributed by atoms with Crippen molar-refractivity contribution >= 4 is 10.0 Å². The Labute approximate surface area is 158 Å². The Kier molecular flexibility index (Phi) is 6.21. The van der Waals surface area contributed by atoms with Gasteiger partial charge >= 0.3 is 0 Å². The monoisotopic (exact) mass is 388 g/mol. The van der Waals surface area contributed by atoms with Gasteiger partial charge in [-0.3, -0.25) is 0 Å². The van der Waals surface area contributed by atoms with E-state index in [1.807, 2.05) is 24.3 Å². The van der Waals surface area contributed by atoms with Crippen LogP contribution in [0.5, 0.6) is 11.6 Å². The lowest BCUT2D eigenvalue weighted by Crippen LogP contribution is -2.45. The molecule has 1 aliphatic rings. The average Bonchev–Trinajstić information content (AvgIpc) is 2.69. The molecule has 142 valence electrons. The van der Waals surface area contributed by atoms with Crippen LogP contribution in [0, 0.1) is 11.3 Å². The number of rotatable bonds is 7. The topological polar surface area (TPSA) is 105 Å². The second-order valence-corrected chi connectivity index (χ2v) is 8.13. The number of aromatic nitrogens is 2. The molecule has 0 saturated carbocycles. The highest BCUT2D eigenvalue weighted by Crippen LogP contribution is 2.20. The molecule has 2 aromatic rings. The van der Waals surface area contributed by atoms with Crippen molar-refractivity contribution in [3.8, 4) is 17.7 Å². The Morgan fingerprint density at radius 1 is 1.22 bits per heavy atom. The van der Waals surface area contributed by atoms with Crippen molar-refractivity contribution in [1.82, 2.24) is 14.3 Å². The van der Waals surface area contributed by atoms with Gasteiger partial charge in [0.2, 0.25) is 15.7 Å². The zero-order chi connectivity index (χ0) is 19.1. The number of ether oxygens (including phenoxy) is 2. The first-order chi connectivity index (χ1) is 13.1. The lowest BCUT2D eigenvalue weighted by atomic mass is 10.1. The van der Waals surface area contributed by atoms with Gasteiger partial charge in [-0.15, -0.1) is 0 Å². The number of para-hydroxylation sites is 1. The molecule has 1 aliphatic heterocycles. The molecule has 27 heavy (non-hydrogen) atoms. The van der Waals surface area contributed by atoms with E-state index in [0.717, 1.165) is 0 Å². The van der Waals surface area contributed by atoms with Crippen LogP contribution in [0.1, 0.15) is 18.5 Å². The van der Waals surface area contributed by atoms with Crippen LogP contribution in [0.15, 0.2) is 42.7 Å².